The molecule has 0 spiro atoms. The monoisotopic (exact) mass is 480 g/mol. The average molecular weight is 481 g/mol. The van der Waals surface area contributed by atoms with E-state index in [1.54, 1.807) is 13.0 Å². The van der Waals surface area contributed by atoms with Crippen LogP contribution in [0.25, 0.3) is 10.8 Å². The van der Waals surface area contributed by atoms with Gasteiger partial charge in [0.15, 0.2) is 0 Å². The smallest absolute Gasteiger partial charge is 0.324 e. The number of sulfonamides is 1. The van der Waals surface area contributed by atoms with Crippen LogP contribution in [-0.4, -0.2) is 56.1 Å². The molecule has 1 atom stereocenters. The first-order valence-corrected chi connectivity index (χ1v) is 11.9. The van der Waals surface area contributed by atoms with Crippen LogP contribution in [0.4, 0.5) is 10.5 Å². The van der Waals surface area contributed by atoms with Crippen molar-refractivity contribution in [1.29, 1.82) is 0 Å². The van der Waals surface area contributed by atoms with Crippen molar-refractivity contribution in [2.75, 3.05) is 26.0 Å². The van der Waals surface area contributed by atoms with E-state index >= 15 is 0 Å². The standard InChI is InChI=1S/C24H24N4O5S/c1-24(20-13-6-9-16-8-4-5-12-19(16)20)22(30)28(23(31)26-24)15-21(29)25-17-10-7-11-18(14-17)34(32,33)27(2)3/h4-14H,15H2,1-3H3,(H,25,29)(H,26,31)/t24-/m1/s1. The van der Waals surface area contributed by atoms with Gasteiger partial charge in [0, 0.05) is 19.8 Å². The fraction of sp³-hybridized carbons (Fsp3) is 0.208. The first-order chi connectivity index (χ1) is 16.0. The predicted octanol–water partition coefficient (Wildman–Crippen LogP) is 2.50. The largest absolute Gasteiger partial charge is 0.325 e. The Bertz CT molecular complexity index is 1410. The van der Waals surface area contributed by atoms with Crippen LogP contribution in [0, 0.1) is 0 Å². The number of anilines is 1. The molecule has 0 aromatic heterocycles. The number of nitrogens with zero attached hydrogens (tertiary/aromatic N) is 2. The highest BCUT2D eigenvalue weighted by Crippen LogP contribution is 2.33. The lowest BCUT2D eigenvalue weighted by Gasteiger charge is -2.24. The third-order valence-corrected chi connectivity index (χ3v) is 7.61. The molecular weight excluding hydrogens is 456 g/mol. The summed E-state index contributed by atoms with van der Waals surface area (Å²) in [6, 6.07) is 18.1. The predicted molar refractivity (Wildman–Crippen MR) is 127 cm³/mol. The fourth-order valence-corrected chi connectivity index (χ4v) is 4.92. The molecule has 0 aliphatic carbocycles. The molecule has 4 amide bonds. The van der Waals surface area contributed by atoms with Crippen LogP contribution in [0.5, 0.6) is 0 Å². The third kappa shape index (κ3) is 4.02. The SMILES string of the molecule is CN(C)S(=O)(=O)c1cccc(NC(=O)CN2C(=O)N[C@](C)(c3cccc4ccccc34)C2=O)c1. The van der Waals surface area contributed by atoms with E-state index in [0.717, 1.165) is 20.0 Å². The number of amides is 4. The Morgan fingerprint density at radius 3 is 2.44 bits per heavy atom. The molecule has 34 heavy (non-hydrogen) atoms. The molecule has 4 rings (SSSR count). The van der Waals surface area contributed by atoms with E-state index < -0.39 is 40.0 Å². The molecule has 2 N–H and O–H groups in total. The Labute approximate surface area is 197 Å². The Kier molecular flexibility index (Phi) is 5.88. The lowest BCUT2D eigenvalue weighted by molar-refractivity contribution is -0.133. The number of rotatable bonds is 6. The van der Waals surface area contributed by atoms with Crippen LogP contribution in [0.1, 0.15) is 12.5 Å². The summed E-state index contributed by atoms with van der Waals surface area (Å²) in [4.78, 5) is 39.5. The Morgan fingerprint density at radius 1 is 1.03 bits per heavy atom. The molecule has 3 aromatic rings. The summed E-state index contributed by atoms with van der Waals surface area (Å²) in [6.07, 6.45) is 0. The van der Waals surface area contributed by atoms with Gasteiger partial charge in [0.05, 0.1) is 4.90 Å². The summed E-state index contributed by atoms with van der Waals surface area (Å²) in [5.41, 5.74) is -0.469. The van der Waals surface area contributed by atoms with E-state index in [0.29, 0.717) is 5.56 Å². The molecule has 9 nitrogen and oxygen atoms in total. The van der Waals surface area contributed by atoms with Gasteiger partial charge in [-0.1, -0.05) is 48.5 Å². The van der Waals surface area contributed by atoms with Crippen LogP contribution in [0.2, 0.25) is 0 Å². The van der Waals surface area contributed by atoms with Gasteiger partial charge in [-0.25, -0.2) is 17.5 Å². The summed E-state index contributed by atoms with van der Waals surface area (Å²) in [7, 11) is -0.870. The summed E-state index contributed by atoms with van der Waals surface area (Å²) in [5.74, 6) is -1.18. The number of hydrogen-bond acceptors (Lipinski definition) is 5. The normalized spacial score (nSPS) is 18.4. The van der Waals surface area contributed by atoms with E-state index in [4.69, 9.17) is 0 Å². The Balaban J connectivity index is 1.55. The molecule has 10 heteroatoms. The van der Waals surface area contributed by atoms with Gasteiger partial charge in [-0.2, -0.15) is 0 Å². The van der Waals surface area contributed by atoms with E-state index in [9.17, 15) is 22.8 Å². The van der Waals surface area contributed by atoms with Gasteiger partial charge in [0.2, 0.25) is 15.9 Å². The lowest BCUT2D eigenvalue weighted by atomic mass is 9.88. The first-order valence-electron chi connectivity index (χ1n) is 10.5. The maximum atomic E-state index is 13.3. The van der Waals surface area contributed by atoms with E-state index in [1.807, 2.05) is 36.4 Å². The highest BCUT2D eigenvalue weighted by Gasteiger charge is 2.50. The molecule has 0 bridgehead atoms. The molecule has 1 aliphatic rings. The molecule has 3 aromatic carbocycles. The molecule has 1 heterocycles. The van der Waals surface area contributed by atoms with Gasteiger partial charge in [0.1, 0.15) is 12.1 Å². The topological polar surface area (TPSA) is 116 Å². The molecule has 1 aliphatic heterocycles. The molecular formula is C24H24N4O5S. The molecule has 1 saturated heterocycles. The van der Waals surface area contributed by atoms with Crippen LogP contribution >= 0.6 is 0 Å². The quantitative estimate of drug-likeness (QED) is 0.526. The van der Waals surface area contributed by atoms with Crippen molar-refractivity contribution in [2.24, 2.45) is 0 Å². The van der Waals surface area contributed by atoms with Crippen molar-refractivity contribution in [1.82, 2.24) is 14.5 Å². The number of benzene rings is 3. The second-order valence-corrected chi connectivity index (χ2v) is 10.5. The van der Waals surface area contributed by atoms with E-state index in [1.165, 1.54) is 38.4 Å². The number of fused-ring (bicyclic) bond motifs is 1. The minimum absolute atomic E-state index is 0.00817. The number of nitrogens with one attached hydrogen (secondary N) is 2. The lowest BCUT2D eigenvalue weighted by Crippen LogP contribution is -2.42. The number of carbonyl (C=O) groups is 3. The highest BCUT2D eigenvalue weighted by molar-refractivity contribution is 7.89. The van der Waals surface area contributed by atoms with Crippen LogP contribution in [0.15, 0.2) is 71.6 Å². The third-order valence-electron chi connectivity index (χ3n) is 5.80. The van der Waals surface area contributed by atoms with Crippen LogP contribution in [-0.2, 0) is 25.2 Å². The maximum absolute atomic E-state index is 13.3. The van der Waals surface area contributed by atoms with Crippen molar-refractivity contribution in [3.63, 3.8) is 0 Å². The highest BCUT2D eigenvalue weighted by atomic mass is 32.2. The zero-order valence-electron chi connectivity index (χ0n) is 18.9. The number of hydrogen-bond donors (Lipinski definition) is 2. The number of urea groups is 1. The molecule has 1 fully saturated rings. The van der Waals surface area contributed by atoms with Crippen molar-refractivity contribution < 1.29 is 22.8 Å². The van der Waals surface area contributed by atoms with Gasteiger partial charge in [-0.3, -0.25) is 14.5 Å². The maximum Gasteiger partial charge on any atom is 0.325 e. The second kappa shape index (κ2) is 8.54. The van der Waals surface area contributed by atoms with Gasteiger partial charge >= 0.3 is 6.03 Å². The second-order valence-electron chi connectivity index (χ2n) is 8.34. The van der Waals surface area contributed by atoms with Gasteiger partial charge in [0.25, 0.3) is 5.91 Å². The van der Waals surface area contributed by atoms with E-state index in [2.05, 4.69) is 10.6 Å². The minimum atomic E-state index is -3.69. The van der Waals surface area contributed by atoms with E-state index in [-0.39, 0.29) is 10.6 Å². The fourth-order valence-electron chi connectivity index (χ4n) is 3.97. The zero-order chi connectivity index (χ0) is 24.7. The van der Waals surface area contributed by atoms with Crippen molar-refractivity contribution in [3.8, 4) is 0 Å². The zero-order valence-corrected chi connectivity index (χ0v) is 19.7. The molecule has 176 valence electrons. The average Bonchev–Trinajstić information content (AvgIpc) is 3.02. The molecule has 0 unspecified atom stereocenters. The van der Waals surface area contributed by atoms with Crippen molar-refractivity contribution in [2.45, 2.75) is 17.4 Å². The summed E-state index contributed by atoms with van der Waals surface area (Å²) in [6.45, 7) is 1.10. The summed E-state index contributed by atoms with van der Waals surface area (Å²) < 4.78 is 25.7. The van der Waals surface area contributed by atoms with Gasteiger partial charge in [-0.15, -0.1) is 0 Å². The Hall–Kier alpha value is -3.76. The van der Waals surface area contributed by atoms with Crippen LogP contribution in [0.3, 0.4) is 0 Å². The first kappa shape index (κ1) is 23.4. The van der Waals surface area contributed by atoms with Crippen LogP contribution < -0.4 is 10.6 Å². The van der Waals surface area contributed by atoms with Gasteiger partial charge < -0.3 is 10.6 Å². The van der Waals surface area contributed by atoms with Crippen molar-refractivity contribution >= 4 is 44.3 Å². The minimum Gasteiger partial charge on any atom is -0.324 e. The summed E-state index contributed by atoms with van der Waals surface area (Å²) in [5, 5.41) is 7.03. The number of imide groups is 1. The number of carbonyl (C=O) groups excluding carboxylic acids is 3. The Morgan fingerprint density at radius 2 is 1.71 bits per heavy atom. The molecule has 0 radical (unpaired) electrons. The van der Waals surface area contributed by atoms with Crippen molar-refractivity contribution in [3.05, 3.63) is 72.3 Å². The summed E-state index contributed by atoms with van der Waals surface area (Å²) >= 11 is 0. The van der Waals surface area contributed by atoms with Gasteiger partial charge in [-0.05, 0) is 41.5 Å². The molecule has 0 saturated carbocycles.